The maximum Gasteiger partial charge on any atom is 0.120 e. The van der Waals surface area contributed by atoms with E-state index in [4.69, 9.17) is 17.1 Å². The topological polar surface area (TPSA) is 52.1 Å². The van der Waals surface area contributed by atoms with E-state index < -0.39 is 19.1 Å². The smallest absolute Gasteiger partial charge is 0.120 e. The number of rotatable bonds is 7. The molecule has 1 unspecified atom stereocenters. The van der Waals surface area contributed by atoms with Crippen LogP contribution in [0.3, 0.4) is 0 Å². The number of pyridine rings is 2. The van der Waals surface area contributed by atoms with Gasteiger partial charge in [-0.05, 0) is 87.8 Å². The average Bonchev–Trinajstić information content (AvgIpc) is 3.93. The van der Waals surface area contributed by atoms with Crippen LogP contribution in [0.1, 0.15) is 48.9 Å². The summed E-state index contributed by atoms with van der Waals surface area (Å²) in [4.78, 5) is 9.01. The second kappa shape index (κ2) is 17.4. The minimum atomic E-state index is -2.40. The van der Waals surface area contributed by atoms with Gasteiger partial charge in [-0.1, -0.05) is 156 Å². The summed E-state index contributed by atoms with van der Waals surface area (Å²) in [7, 11) is 0. The van der Waals surface area contributed by atoms with Crippen LogP contribution in [-0.2, 0) is 26.5 Å². The Hall–Kier alpha value is -6.91. The second-order valence-electron chi connectivity index (χ2n) is 14.5. The molecule has 11 aromatic rings. The number of fused-ring (bicyclic) bond motifs is 6. The third-order valence-electron chi connectivity index (χ3n) is 10.7. The van der Waals surface area contributed by atoms with Crippen molar-refractivity contribution in [2.45, 2.75) is 26.0 Å². The summed E-state index contributed by atoms with van der Waals surface area (Å²) >= 11 is 0. The Morgan fingerprint density at radius 3 is 1.93 bits per heavy atom. The van der Waals surface area contributed by atoms with Gasteiger partial charge in [-0.3, -0.25) is 0 Å². The molecule has 0 spiro atoms. The first-order valence-corrected chi connectivity index (χ1v) is 19.7. The van der Waals surface area contributed by atoms with E-state index in [0.29, 0.717) is 50.4 Å². The Morgan fingerprint density at radius 2 is 1.21 bits per heavy atom. The zero-order chi connectivity index (χ0) is 45.6. The van der Waals surface area contributed by atoms with Crippen molar-refractivity contribution >= 4 is 43.9 Å². The number of aryl methyl sites for hydroxylation is 1. The van der Waals surface area contributed by atoms with Crippen molar-refractivity contribution in [2.75, 3.05) is 0 Å². The molecule has 61 heavy (non-hydrogen) atoms. The fraction of sp³-hybridized carbons (Fsp3) is 0.0714. The SMILES string of the molecule is [2H]C([2H])([2H])c1cnc(-c2[c-]ccc3c2oc2ccccc23)cc1C([2H])(C)c1ccccc1.[2H]C([2H])(c1ccccc1)c1ccnc(-c2[c-]ccc3c2oc2ccc(-c4ccccc4)cc23)c1.[Ir]. The fourth-order valence-corrected chi connectivity index (χ4v) is 7.70. The molecule has 0 saturated carbocycles. The van der Waals surface area contributed by atoms with Gasteiger partial charge in [-0.2, -0.15) is 0 Å². The van der Waals surface area contributed by atoms with E-state index in [1.807, 2.05) is 121 Å². The average molecular weight is 971 g/mol. The third-order valence-corrected chi connectivity index (χ3v) is 10.7. The van der Waals surface area contributed by atoms with Crippen LogP contribution >= 0.6 is 0 Å². The van der Waals surface area contributed by atoms with E-state index >= 15 is 0 Å². The van der Waals surface area contributed by atoms with Crippen LogP contribution in [-0.4, -0.2) is 9.97 Å². The molecule has 11 rings (SSSR count). The summed E-state index contributed by atoms with van der Waals surface area (Å²) in [5.74, 6) is -1.29. The molecule has 4 heterocycles. The quantitative estimate of drug-likeness (QED) is 0.149. The van der Waals surface area contributed by atoms with E-state index in [1.54, 1.807) is 43.5 Å². The van der Waals surface area contributed by atoms with Crippen molar-refractivity contribution in [1.29, 1.82) is 0 Å². The molecular formula is C56H40IrN2O2-2. The Labute approximate surface area is 377 Å². The van der Waals surface area contributed by atoms with Crippen molar-refractivity contribution in [3.05, 3.63) is 228 Å². The van der Waals surface area contributed by atoms with E-state index in [1.165, 1.54) is 6.20 Å². The van der Waals surface area contributed by atoms with Crippen LogP contribution < -0.4 is 0 Å². The van der Waals surface area contributed by atoms with Gasteiger partial charge in [-0.15, -0.1) is 36.4 Å². The number of aromatic nitrogens is 2. The first-order valence-electron chi connectivity index (χ1n) is 22.7. The molecule has 7 aromatic carbocycles. The summed E-state index contributed by atoms with van der Waals surface area (Å²) in [6.07, 6.45) is 1.36. The minimum absolute atomic E-state index is 0. The number of furan rings is 2. The molecule has 0 fully saturated rings. The second-order valence-corrected chi connectivity index (χ2v) is 14.5. The van der Waals surface area contributed by atoms with Crippen LogP contribution in [0.25, 0.3) is 77.5 Å². The van der Waals surface area contributed by atoms with Gasteiger partial charge in [0.1, 0.15) is 11.2 Å². The molecule has 5 heteroatoms. The molecule has 0 bridgehead atoms. The first-order chi connectivity index (χ1) is 31.9. The minimum Gasteiger partial charge on any atom is -0.501 e. The largest absolute Gasteiger partial charge is 0.501 e. The van der Waals surface area contributed by atoms with Gasteiger partial charge in [0, 0.05) is 57.4 Å². The van der Waals surface area contributed by atoms with Gasteiger partial charge >= 0.3 is 0 Å². The molecule has 4 nitrogen and oxygen atoms in total. The molecule has 1 radical (unpaired) electrons. The number of para-hydroxylation sites is 1. The van der Waals surface area contributed by atoms with Gasteiger partial charge in [0.15, 0.2) is 0 Å². The predicted molar refractivity (Wildman–Crippen MR) is 245 cm³/mol. The van der Waals surface area contributed by atoms with Crippen molar-refractivity contribution < 1.29 is 37.2 Å². The van der Waals surface area contributed by atoms with E-state index in [0.717, 1.165) is 49.4 Å². The van der Waals surface area contributed by atoms with Crippen LogP contribution in [0, 0.1) is 19.0 Å². The fourth-order valence-electron chi connectivity index (χ4n) is 7.70. The maximum absolute atomic E-state index is 9.13. The van der Waals surface area contributed by atoms with Crippen molar-refractivity contribution in [1.82, 2.24) is 9.97 Å². The van der Waals surface area contributed by atoms with Gasteiger partial charge in [0.2, 0.25) is 0 Å². The monoisotopic (exact) mass is 971 g/mol. The Kier molecular flexibility index (Phi) is 9.36. The number of hydrogen-bond acceptors (Lipinski definition) is 4. The molecule has 0 aliphatic carbocycles. The normalized spacial score (nSPS) is 14.0. The van der Waals surface area contributed by atoms with Crippen molar-refractivity contribution in [3.63, 3.8) is 0 Å². The number of benzene rings is 7. The Balaban J connectivity index is 0.000000166. The maximum atomic E-state index is 9.13. The molecule has 1 atom stereocenters. The summed E-state index contributed by atoms with van der Waals surface area (Å²) in [6, 6.07) is 62.0. The zero-order valence-electron chi connectivity index (χ0n) is 38.9. The van der Waals surface area contributed by atoms with E-state index in [9.17, 15) is 0 Å². The van der Waals surface area contributed by atoms with Gasteiger partial charge in [0.25, 0.3) is 0 Å². The van der Waals surface area contributed by atoms with Gasteiger partial charge in [0.05, 0.1) is 11.2 Å². The summed E-state index contributed by atoms with van der Waals surface area (Å²) < 4.78 is 63.0. The summed E-state index contributed by atoms with van der Waals surface area (Å²) in [5.41, 5.74) is 9.99. The number of hydrogen-bond donors (Lipinski definition) is 0. The van der Waals surface area contributed by atoms with Crippen LogP contribution in [0.5, 0.6) is 0 Å². The Bertz CT molecular complexity index is 3540. The zero-order valence-corrected chi connectivity index (χ0v) is 35.3. The van der Waals surface area contributed by atoms with Crippen molar-refractivity contribution in [3.8, 4) is 33.6 Å². The van der Waals surface area contributed by atoms with E-state index in [2.05, 4.69) is 46.4 Å². The molecule has 4 aromatic heterocycles. The van der Waals surface area contributed by atoms with Gasteiger partial charge in [-0.25, -0.2) is 0 Å². The van der Waals surface area contributed by atoms with Crippen LogP contribution in [0.4, 0.5) is 0 Å². The van der Waals surface area contributed by atoms with E-state index in [-0.39, 0.29) is 25.7 Å². The standard InChI is InChI=1S/C30H20NO.C26H20NO.Ir/c1-3-8-21(9-4-1)18-22-16-17-31-28(19-22)26-13-7-12-25-27-20-24(23-10-5-2-6-11-23)14-15-29(27)32-30(25)26;1-17-16-27-24(15-23(17)18(2)19-9-4-3-5-10-19)22-13-8-12-21-20-11-6-7-14-25(20)28-26(21)22;/h1-12,14-17,19-20H,18H2;3-12,14-16,18H,1-2H3;/q2*-1;/i18D2;1D3,18D;. The van der Waals surface area contributed by atoms with Crippen LogP contribution in [0.2, 0.25) is 0 Å². The first kappa shape index (κ1) is 32.9. The van der Waals surface area contributed by atoms with Gasteiger partial charge < -0.3 is 18.8 Å². The Morgan fingerprint density at radius 1 is 0.590 bits per heavy atom. The molecule has 297 valence electrons. The molecule has 0 amide bonds. The summed E-state index contributed by atoms with van der Waals surface area (Å²) in [6.45, 7) is -0.685. The molecule has 0 N–H and O–H groups in total. The molecule has 0 aliphatic heterocycles. The molecule has 0 saturated heterocycles. The third kappa shape index (κ3) is 7.94. The predicted octanol–water partition coefficient (Wildman–Crippen LogP) is 14.6. The number of nitrogens with zero attached hydrogens (tertiary/aromatic N) is 2. The summed E-state index contributed by atoms with van der Waals surface area (Å²) in [5, 5.41) is 3.95. The molecular weight excluding hydrogens is 925 g/mol. The van der Waals surface area contributed by atoms with Crippen LogP contribution in [0.15, 0.2) is 197 Å². The van der Waals surface area contributed by atoms with Crippen molar-refractivity contribution in [2.24, 2.45) is 0 Å². The molecule has 0 aliphatic rings.